The third kappa shape index (κ3) is 2.85. The van der Waals surface area contributed by atoms with Crippen LogP contribution in [0.25, 0.3) is 0 Å². The standard InChI is InChI=1S/C7H15O2P/c1-2-5-10(8,9)6-7-3-4-7/h7H,2-6H2,1H3,(H,8,9). The maximum Gasteiger partial charge on any atom is 0.200 e. The third-order valence-corrected chi connectivity index (χ3v) is 4.05. The lowest BCUT2D eigenvalue weighted by molar-refractivity contribution is 0.473. The van der Waals surface area contributed by atoms with Crippen LogP contribution < -0.4 is 0 Å². The van der Waals surface area contributed by atoms with Crippen LogP contribution in [0.3, 0.4) is 0 Å². The zero-order valence-corrected chi connectivity index (χ0v) is 7.31. The summed E-state index contributed by atoms with van der Waals surface area (Å²) in [5.41, 5.74) is 0. The molecule has 1 saturated carbocycles. The molecule has 0 heterocycles. The highest BCUT2D eigenvalue weighted by molar-refractivity contribution is 7.58. The highest BCUT2D eigenvalue weighted by Crippen LogP contribution is 2.48. The van der Waals surface area contributed by atoms with Gasteiger partial charge in [-0.3, -0.25) is 4.57 Å². The summed E-state index contributed by atoms with van der Waals surface area (Å²) in [5.74, 6) is 0.586. The molecule has 0 aromatic heterocycles. The molecule has 0 amide bonds. The lowest BCUT2D eigenvalue weighted by atomic mass is 10.5. The van der Waals surface area contributed by atoms with Crippen LogP contribution in [0.1, 0.15) is 26.2 Å². The fourth-order valence-electron chi connectivity index (χ4n) is 1.14. The first kappa shape index (κ1) is 8.29. The summed E-state index contributed by atoms with van der Waals surface area (Å²) < 4.78 is 11.2. The van der Waals surface area contributed by atoms with Crippen LogP contribution in [0, 0.1) is 5.92 Å². The molecule has 1 aliphatic rings. The highest BCUT2D eigenvalue weighted by Gasteiger charge is 2.30. The predicted molar refractivity (Wildman–Crippen MR) is 42.6 cm³/mol. The van der Waals surface area contributed by atoms with Gasteiger partial charge in [-0.25, -0.2) is 0 Å². The van der Waals surface area contributed by atoms with Gasteiger partial charge in [0.25, 0.3) is 0 Å². The maximum atomic E-state index is 11.2. The van der Waals surface area contributed by atoms with Crippen LogP contribution in [-0.4, -0.2) is 17.2 Å². The Bertz CT molecular complexity index is 152. The maximum absolute atomic E-state index is 11.2. The molecule has 1 unspecified atom stereocenters. The van der Waals surface area contributed by atoms with E-state index in [1.807, 2.05) is 6.92 Å². The predicted octanol–water partition coefficient (Wildman–Crippen LogP) is 2.08. The monoisotopic (exact) mass is 162 g/mol. The fraction of sp³-hybridized carbons (Fsp3) is 1.00. The molecule has 1 fully saturated rings. The lowest BCUT2D eigenvalue weighted by Gasteiger charge is -2.07. The fourth-order valence-corrected chi connectivity index (χ4v) is 3.20. The van der Waals surface area contributed by atoms with Crippen LogP contribution in [0.15, 0.2) is 0 Å². The van der Waals surface area contributed by atoms with Crippen molar-refractivity contribution in [2.75, 3.05) is 12.3 Å². The Morgan fingerprint density at radius 2 is 2.20 bits per heavy atom. The largest absolute Gasteiger partial charge is 0.344 e. The number of hydrogen-bond donors (Lipinski definition) is 1. The van der Waals surface area contributed by atoms with Crippen molar-refractivity contribution in [2.45, 2.75) is 26.2 Å². The molecule has 0 aliphatic heterocycles. The van der Waals surface area contributed by atoms with Gasteiger partial charge in [0, 0.05) is 12.3 Å². The van der Waals surface area contributed by atoms with E-state index in [1.54, 1.807) is 0 Å². The zero-order chi connectivity index (χ0) is 7.61. The van der Waals surface area contributed by atoms with Crippen molar-refractivity contribution in [3.63, 3.8) is 0 Å². The lowest BCUT2D eigenvalue weighted by Crippen LogP contribution is -1.94. The molecular weight excluding hydrogens is 147 g/mol. The summed E-state index contributed by atoms with van der Waals surface area (Å²) in [7, 11) is -2.69. The summed E-state index contributed by atoms with van der Waals surface area (Å²) >= 11 is 0. The van der Waals surface area contributed by atoms with Crippen molar-refractivity contribution in [3.8, 4) is 0 Å². The van der Waals surface area contributed by atoms with E-state index in [9.17, 15) is 9.46 Å². The van der Waals surface area contributed by atoms with Crippen LogP contribution in [0.5, 0.6) is 0 Å². The summed E-state index contributed by atoms with van der Waals surface area (Å²) in [6, 6.07) is 0. The average molecular weight is 162 g/mol. The third-order valence-electron chi connectivity index (χ3n) is 1.81. The molecular formula is C7H15O2P. The van der Waals surface area contributed by atoms with E-state index < -0.39 is 7.37 Å². The van der Waals surface area contributed by atoms with Crippen molar-refractivity contribution >= 4 is 7.37 Å². The summed E-state index contributed by atoms with van der Waals surface area (Å²) in [5, 5.41) is 0. The van der Waals surface area contributed by atoms with E-state index in [1.165, 1.54) is 12.8 Å². The minimum absolute atomic E-state index is 0.517. The highest BCUT2D eigenvalue weighted by atomic mass is 31.2. The Morgan fingerprint density at radius 1 is 1.60 bits per heavy atom. The molecule has 1 N–H and O–H groups in total. The summed E-state index contributed by atoms with van der Waals surface area (Å²) in [4.78, 5) is 9.28. The SMILES string of the molecule is CCCP(=O)(O)CC1CC1. The number of hydrogen-bond acceptors (Lipinski definition) is 1. The van der Waals surface area contributed by atoms with E-state index in [-0.39, 0.29) is 0 Å². The van der Waals surface area contributed by atoms with Crippen molar-refractivity contribution in [3.05, 3.63) is 0 Å². The van der Waals surface area contributed by atoms with Crippen molar-refractivity contribution < 1.29 is 9.46 Å². The van der Waals surface area contributed by atoms with Crippen molar-refractivity contribution in [1.29, 1.82) is 0 Å². The van der Waals surface area contributed by atoms with Gasteiger partial charge in [-0.15, -0.1) is 0 Å². The topological polar surface area (TPSA) is 37.3 Å². The Hall–Kier alpha value is 0.190. The molecule has 0 spiro atoms. The van der Waals surface area contributed by atoms with Gasteiger partial charge in [-0.05, 0) is 25.2 Å². The van der Waals surface area contributed by atoms with Crippen LogP contribution in [-0.2, 0) is 4.57 Å². The molecule has 1 rings (SSSR count). The molecule has 0 aromatic carbocycles. The Labute approximate surface area is 62.1 Å². The van der Waals surface area contributed by atoms with E-state index in [2.05, 4.69) is 0 Å². The molecule has 3 heteroatoms. The quantitative estimate of drug-likeness (QED) is 0.642. The van der Waals surface area contributed by atoms with Gasteiger partial charge in [0.2, 0.25) is 7.37 Å². The second-order valence-corrected chi connectivity index (χ2v) is 5.70. The van der Waals surface area contributed by atoms with Crippen LogP contribution >= 0.6 is 7.37 Å². The van der Waals surface area contributed by atoms with Crippen LogP contribution in [0.4, 0.5) is 0 Å². The summed E-state index contributed by atoms with van der Waals surface area (Å²) in [6.07, 6.45) is 4.29. The molecule has 1 atom stereocenters. The van der Waals surface area contributed by atoms with Crippen molar-refractivity contribution in [1.82, 2.24) is 0 Å². The van der Waals surface area contributed by atoms with E-state index in [0.717, 1.165) is 6.42 Å². The molecule has 1 aliphatic carbocycles. The van der Waals surface area contributed by atoms with Gasteiger partial charge < -0.3 is 4.89 Å². The second kappa shape index (κ2) is 3.06. The first-order valence-corrected chi connectivity index (χ1v) is 5.98. The van der Waals surface area contributed by atoms with Gasteiger partial charge in [-0.1, -0.05) is 6.92 Å². The zero-order valence-electron chi connectivity index (χ0n) is 6.42. The van der Waals surface area contributed by atoms with Crippen molar-refractivity contribution in [2.24, 2.45) is 5.92 Å². The minimum Gasteiger partial charge on any atom is -0.344 e. The first-order valence-electron chi connectivity index (χ1n) is 3.95. The molecule has 0 radical (unpaired) electrons. The molecule has 0 aromatic rings. The first-order chi connectivity index (χ1) is 4.64. The molecule has 2 nitrogen and oxygen atoms in total. The van der Waals surface area contributed by atoms with Gasteiger partial charge in [0.15, 0.2) is 0 Å². The second-order valence-electron chi connectivity index (χ2n) is 3.20. The van der Waals surface area contributed by atoms with Gasteiger partial charge in [0.05, 0.1) is 0 Å². The normalized spacial score (nSPS) is 24.2. The van der Waals surface area contributed by atoms with E-state index >= 15 is 0 Å². The van der Waals surface area contributed by atoms with Crippen LogP contribution in [0.2, 0.25) is 0 Å². The molecule has 0 saturated heterocycles. The van der Waals surface area contributed by atoms with Gasteiger partial charge in [0.1, 0.15) is 0 Å². The molecule has 10 heavy (non-hydrogen) atoms. The molecule has 60 valence electrons. The van der Waals surface area contributed by atoms with Gasteiger partial charge in [-0.2, -0.15) is 0 Å². The average Bonchev–Trinajstić information content (AvgIpc) is 2.48. The van der Waals surface area contributed by atoms with Gasteiger partial charge >= 0.3 is 0 Å². The van der Waals surface area contributed by atoms with E-state index in [4.69, 9.17) is 0 Å². The Balaban J connectivity index is 2.26. The Morgan fingerprint density at radius 3 is 2.60 bits per heavy atom. The molecule has 0 bridgehead atoms. The summed E-state index contributed by atoms with van der Waals surface area (Å²) in [6.45, 7) is 1.95. The van der Waals surface area contributed by atoms with E-state index in [0.29, 0.717) is 18.2 Å². The number of rotatable bonds is 4. The smallest absolute Gasteiger partial charge is 0.200 e. The minimum atomic E-state index is -2.69. The Kier molecular flexibility index (Phi) is 2.54.